The summed E-state index contributed by atoms with van der Waals surface area (Å²) in [6.07, 6.45) is 2.17. The Morgan fingerprint density at radius 3 is 1.94 bits per heavy atom. The van der Waals surface area contributed by atoms with Crippen molar-refractivity contribution in [2.24, 2.45) is 0 Å². The molecule has 1 aromatic carbocycles. The van der Waals surface area contributed by atoms with Gasteiger partial charge < -0.3 is 10.6 Å². The van der Waals surface area contributed by atoms with Crippen molar-refractivity contribution in [3.05, 3.63) is 24.3 Å². The van der Waals surface area contributed by atoms with Crippen LogP contribution >= 0.6 is 0 Å². The molecule has 2 fully saturated rings. The number of piperazine rings is 1. The molecule has 10 heteroatoms. The van der Waals surface area contributed by atoms with E-state index in [-0.39, 0.29) is 23.3 Å². The van der Waals surface area contributed by atoms with Crippen molar-refractivity contribution in [1.82, 2.24) is 19.4 Å². The van der Waals surface area contributed by atoms with Crippen molar-refractivity contribution in [1.29, 1.82) is 0 Å². The maximum absolute atomic E-state index is 12.5. The van der Waals surface area contributed by atoms with Crippen LogP contribution in [0.2, 0.25) is 0 Å². The number of nitrogens with one attached hydrogen (secondary N) is 2. The molecule has 0 radical (unpaired) electrons. The van der Waals surface area contributed by atoms with Gasteiger partial charge in [-0.2, -0.15) is 4.31 Å². The summed E-state index contributed by atoms with van der Waals surface area (Å²) in [5, 5.41) is 5.83. The third-order valence-corrected chi connectivity index (χ3v) is 7.69. The number of hydrogen-bond donors (Lipinski definition) is 2. The first-order chi connectivity index (χ1) is 14.8. The Morgan fingerprint density at radius 1 is 0.935 bits per heavy atom. The average Bonchev–Trinajstić information content (AvgIpc) is 3.54. The lowest BCUT2D eigenvalue weighted by Crippen LogP contribution is -2.51. The number of amides is 2. The van der Waals surface area contributed by atoms with E-state index >= 15 is 0 Å². The Labute approximate surface area is 184 Å². The van der Waals surface area contributed by atoms with E-state index in [4.69, 9.17) is 0 Å². The molecule has 2 aliphatic rings. The molecule has 172 valence electrons. The molecule has 1 aromatic rings. The van der Waals surface area contributed by atoms with E-state index in [1.54, 1.807) is 26.0 Å². The molecular weight excluding hydrogens is 418 g/mol. The van der Waals surface area contributed by atoms with Gasteiger partial charge >= 0.3 is 0 Å². The van der Waals surface area contributed by atoms with Crippen molar-refractivity contribution in [3.8, 4) is 0 Å². The largest absolute Gasteiger partial charge is 0.352 e. The molecule has 0 unspecified atom stereocenters. The predicted octanol–water partition coefficient (Wildman–Crippen LogP) is 0.552. The van der Waals surface area contributed by atoms with Crippen molar-refractivity contribution in [3.63, 3.8) is 0 Å². The Morgan fingerprint density at radius 2 is 1.45 bits per heavy atom. The van der Waals surface area contributed by atoms with Gasteiger partial charge in [-0.1, -0.05) is 13.8 Å². The second kappa shape index (κ2) is 10.5. The number of carbonyl (C=O) groups excluding carboxylic acids is 2. The summed E-state index contributed by atoms with van der Waals surface area (Å²) in [4.78, 5) is 28.7. The molecule has 0 aromatic heterocycles. The van der Waals surface area contributed by atoms with Gasteiger partial charge in [0.05, 0.1) is 18.0 Å². The van der Waals surface area contributed by atoms with Gasteiger partial charge in [0.1, 0.15) is 0 Å². The first-order valence-corrected chi connectivity index (χ1v) is 12.4. The number of benzene rings is 1. The van der Waals surface area contributed by atoms with Gasteiger partial charge in [-0.25, -0.2) is 8.42 Å². The molecule has 1 aliphatic carbocycles. The predicted molar refractivity (Wildman–Crippen MR) is 119 cm³/mol. The maximum atomic E-state index is 12.5. The van der Waals surface area contributed by atoms with Crippen molar-refractivity contribution in [2.75, 3.05) is 57.7 Å². The van der Waals surface area contributed by atoms with Crippen LogP contribution in [0.1, 0.15) is 26.7 Å². The highest BCUT2D eigenvalue weighted by atomic mass is 32.2. The number of nitrogens with zero attached hydrogens (tertiary/aromatic N) is 3. The molecule has 1 saturated carbocycles. The molecular formula is C21H33N5O4S. The van der Waals surface area contributed by atoms with Crippen LogP contribution in [0.15, 0.2) is 29.2 Å². The minimum absolute atomic E-state index is 0.0835. The van der Waals surface area contributed by atoms with Crippen LogP contribution in [-0.4, -0.2) is 92.7 Å². The SMILES string of the molecule is CCN(CC)S(=O)(=O)c1ccc(NC(=O)CN2CCN(CC(=O)NC3CC3)CC2)cc1. The number of carbonyl (C=O) groups is 2. The normalized spacial score (nSPS) is 18.2. The average molecular weight is 452 g/mol. The summed E-state index contributed by atoms with van der Waals surface area (Å²) in [6, 6.07) is 6.66. The second-order valence-electron chi connectivity index (χ2n) is 8.06. The van der Waals surface area contributed by atoms with E-state index in [1.807, 2.05) is 0 Å². The summed E-state index contributed by atoms with van der Waals surface area (Å²) >= 11 is 0. The summed E-state index contributed by atoms with van der Waals surface area (Å²) in [6.45, 7) is 8.08. The van der Waals surface area contributed by atoms with Gasteiger partial charge in [0.2, 0.25) is 21.8 Å². The fraction of sp³-hybridized carbons (Fsp3) is 0.619. The highest BCUT2D eigenvalue weighted by molar-refractivity contribution is 7.89. The van der Waals surface area contributed by atoms with Gasteiger partial charge in [0, 0.05) is 51.0 Å². The van der Waals surface area contributed by atoms with Crippen LogP contribution in [0.5, 0.6) is 0 Å². The van der Waals surface area contributed by atoms with Crippen LogP contribution < -0.4 is 10.6 Å². The summed E-state index contributed by atoms with van der Waals surface area (Å²) in [5.74, 6) is -0.0561. The second-order valence-corrected chi connectivity index (χ2v) is 9.99. The standard InChI is InChI=1S/C21H33N5O4S/c1-3-26(4-2)31(29,30)19-9-7-18(8-10-19)23-21(28)16-25-13-11-24(12-14-25)15-20(27)22-17-5-6-17/h7-10,17H,3-6,11-16H2,1-2H3,(H,22,27)(H,23,28). The lowest BCUT2D eigenvalue weighted by Gasteiger charge is -2.33. The molecule has 9 nitrogen and oxygen atoms in total. The number of anilines is 1. The van der Waals surface area contributed by atoms with Gasteiger partial charge in [0.25, 0.3) is 0 Å². The molecule has 1 heterocycles. The lowest BCUT2D eigenvalue weighted by atomic mass is 10.3. The zero-order valence-corrected chi connectivity index (χ0v) is 19.2. The molecule has 2 amide bonds. The van der Waals surface area contributed by atoms with Crippen LogP contribution in [0.25, 0.3) is 0 Å². The van der Waals surface area contributed by atoms with Crippen molar-refractivity contribution < 1.29 is 18.0 Å². The summed E-state index contributed by atoms with van der Waals surface area (Å²) < 4.78 is 26.5. The first-order valence-electron chi connectivity index (χ1n) is 11.0. The molecule has 3 rings (SSSR count). The van der Waals surface area contributed by atoms with Crippen LogP contribution in [-0.2, 0) is 19.6 Å². The maximum Gasteiger partial charge on any atom is 0.243 e. The first kappa shape index (κ1) is 23.6. The van der Waals surface area contributed by atoms with Gasteiger partial charge in [-0.3, -0.25) is 19.4 Å². The quantitative estimate of drug-likeness (QED) is 0.539. The Hall–Kier alpha value is -2.01. The highest BCUT2D eigenvalue weighted by Gasteiger charge is 2.26. The van der Waals surface area contributed by atoms with E-state index in [0.717, 1.165) is 39.0 Å². The third-order valence-electron chi connectivity index (χ3n) is 5.62. The van der Waals surface area contributed by atoms with E-state index < -0.39 is 10.0 Å². The topological polar surface area (TPSA) is 102 Å². The van der Waals surface area contributed by atoms with Crippen LogP contribution in [0, 0.1) is 0 Å². The third kappa shape index (κ3) is 6.73. The minimum Gasteiger partial charge on any atom is -0.352 e. The summed E-state index contributed by atoms with van der Waals surface area (Å²) in [7, 11) is -3.51. The minimum atomic E-state index is -3.51. The molecule has 0 spiro atoms. The number of rotatable bonds is 10. The molecule has 0 bridgehead atoms. The monoisotopic (exact) mass is 451 g/mol. The Balaban J connectivity index is 1.43. The molecule has 0 atom stereocenters. The van der Waals surface area contributed by atoms with Crippen molar-refractivity contribution >= 4 is 27.5 Å². The van der Waals surface area contributed by atoms with Gasteiger partial charge in [-0.05, 0) is 37.1 Å². The van der Waals surface area contributed by atoms with E-state index in [1.165, 1.54) is 16.4 Å². The Bertz CT molecular complexity index is 858. The number of hydrogen-bond acceptors (Lipinski definition) is 6. The van der Waals surface area contributed by atoms with Gasteiger partial charge in [-0.15, -0.1) is 0 Å². The van der Waals surface area contributed by atoms with E-state index in [9.17, 15) is 18.0 Å². The fourth-order valence-corrected chi connectivity index (χ4v) is 5.09. The van der Waals surface area contributed by atoms with Crippen LogP contribution in [0.4, 0.5) is 5.69 Å². The summed E-state index contributed by atoms with van der Waals surface area (Å²) in [5.41, 5.74) is 0.568. The zero-order chi connectivity index (χ0) is 22.4. The fourth-order valence-electron chi connectivity index (χ4n) is 3.64. The molecule has 1 saturated heterocycles. The number of sulfonamides is 1. The molecule has 31 heavy (non-hydrogen) atoms. The van der Waals surface area contributed by atoms with E-state index in [0.29, 0.717) is 31.4 Å². The smallest absolute Gasteiger partial charge is 0.243 e. The highest BCUT2D eigenvalue weighted by Crippen LogP contribution is 2.19. The molecule has 1 aliphatic heterocycles. The zero-order valence-electron chi connectivity index (χ0n) is 18.3. The van der Waals surface area contributed by atoms with Crippen LogP contribution in [0.3, 0.4) is 0 Å². The van der Waals surface area contributed by atoms with Gasteiger partial charge in [0.15, 0.2) is 0 Å². The van der Waals surface area contributed by atoms with Crippen molar-refractivity contribution in [2.45, 2.75) is 37.6 Å². The van der Waals surface area contributed by atoms with E-state index in [2.05, 4.69) is 20.4 Å². The lowest BCUT2D eigenvalue weighted by molar-refractivity contribution is -0.123. The Kier molecular flexibility index (Phi) is 8.04. The molecule has 2 N–H and O–H groups in total.